The van der Waals surface area contributed by atoms with Crippen LogP contribution in [0, 0.1) is 11.6 Å². The van der Waals surface area contributed by atoms with E-state index in [9.17, 15) is 13.6 Å². The molecule has 1 heterocycles. The normalized spacial score (nSPS) is 10.5. The van der Waals surface area contributed by atoms with E-state index in [4.69, 9.17) is 0 Å². The monoisotopic (exact) mass is 299 g/mol. The van der Waals surface area contributed by atoms with Crippen molar-refractivity contribution in [3.63, 3.8) is 0 Å². The number of nitrogens with one attached hydrogen (secondary N) is 2. The highest BCUT2D eigenvalue weighted by atomic mass is 19.1. The lowest BCUT2D eigenvalue weighted by Crippen LogP contribution is -2.13. The Hall–Kier alpha value is -3.02. The van der Waals surface area contributed by atoms with E-state index in [0.29, 0.717) is 11.8 Å². The predicted octanol–water partition coefficient (Wildman–Crippen LogP) is 3.61. The van der Waals surface area contributed by atoms with Crippen LogP contribution in [-0.2, 0) is 0 Å². The van der Waals surface area contributed by atoms with Crippen molar-refractivity contribution in [2.75, 3.05) is 5.32 Å². The van der Waals surface area contributed by atoms with E-state index in [2.05, 4.69) is 15.5 Å². The molecule has 4 nitrogen and oxygen atoms in total. The average molecular weight is 299 g/mol. The molecule has 3 rings (SSSR count). The molecule has 2 aromatic carbocycles. The maximum Gasteiger partial charge on any atom is 0.258 e. The van der Waals surface area contributed by atoms with Crippen LogP contribution in [0.5, 0.6) is 0 Å². The van der Waals surface area contributed by atoms with Crippen LogP contribution in [0.2, 0.25) is 0 Å². The summed E-state index contributed by atoms with van der Waals surface area (Å²) in [6.45, 7) is 0. The molecule has 6 heteroatoms. The minimum absolute atomic E-state index is 0.214. The summed E-state index contributed by atoms with van der Waals surface area (Å²) >= 11 is 0. The fourth-order valence-corrected chi connectivity index (χ4v) is 2.05. The molecular formula is C16H11F2N3O. The van der Waals surface area contributed by atoms with E-state index < -0.39 is 17.5 Å². The van der Waals surface area contributed by atoms with E-state index in [-0.39, 0.29) is 5.56 Å². The first-order valence-electron chi connectivity index (χ1n) is 6.50. The zero-order chi connectivity index (χ0) is 15.5. The van der Waals surface area contributed by atoms with E-state index in [1.807, 2.05) is 6.07 Å². The van der Waals surface area contributed by atoms with Crippen LogP contribution >= 0.6 is 0 Å². The van der Waals surface area contributed by atoms with Gasteiger partial charge in [0.25, 0.3) is 5.91 Å². The maximum atomic E-state index is 13.6. The number of rotatable bonds is 3. The Kier molecular flexibility index (Phi) is 3.65. The number of carbonyl (C=O) groups excluding carboxylic acids is 1. The van der Waals surface area contributed by atoms with Crippen molar-refractivity contribution in [3.05, 3.63) is 71.9 Å². The predicted molar refractivity (Wildman–Crippen MR) is 78.3 cm³/mol. The highest BCUT2D eigenvalue weighted by molar-refractivity contribution is 6.04. The molecule has 2 N–H and O–H groups in total. The molecule has 110 valence electrons. The first kappa shape index (κ1) is 13.9. The molecule has 0 aliphatic rings. The number of anilines is 1. The van der Waals surface area contributed by atoms with Crippen molar-refractivity contribution in [2.45, 2.75) is 0 Å². The molecule has 0 aliphatic heterocycles. The van der Waals surface area contributed by atoms with Crippen molar-refractivity contribution in [1.29, 1.82) is 0 Å². The Labute approximate surface area is 124 Å². The van der Waals surface area contributed by atoms with Gasteiger partial charge < -0.3 is 5.32 Å². The summed E-state index contributed by atoms with van der Waals surface area (Å²) in [5, 5.41) is 9.26. The minimum Gasteiger partial charge on any atom is -0.322 e. The third-order valence-corrected chi connectivity index (χ3v) is 3.11. The van der Waals surface area contributed by atoms with Gasteiger partial charge in [-0.15, -0.1) is 0 Å². The van der Waals surface area contributed by atoms with Crippen LogP contribution in [0.15, 0.2) is 54.7 Å². The summed E-state index contributed by atoms with van der Waals surface area (Å²) in [7, 11) is 0. The molecule has 1 amide bonds. The lowest BCUT2D eigenvalue weighted by molar-refractivity contribution is 0.102. The smallest absolute Gasteiger partial charge is 0.258 e. The summed E-state index contributed by atoms with van der Waals surface area (Å²) < 4.78 is 26.5. The van der Waals surface area contributed by atoms with Crippen LogP contribution in [0.3, 0.4) is 0 Å². The number of halogens is 2. The molecule has 0 fully saturated rings. The molecule has 1 aromatic heterocycles. The van der Waals surface area contributed by atoms with Gasteiger partial charge >= 0.3 is 0 Å². The average Bonchev–Trinajstić information content (AvgIpc) is 3.01. The van der Waals surface area contributed by atoms with Gasteiger partial charge in [0.05, 0.1) is 11.3 Å². The number of nitrogens with zero attached hydrogens (tertiary/aromatic N) is 1. The SMILES string of the molecule is O=C(Nc1cccc(-c2ccn[nH]2)c1)c1ccc(F)cc1F. The van der Waals surface area contributed by atoms with Crippen LogP contribution in [-0.4, -0.2) is 16.1 Å². The highest BCUT2D eigenvalue weighted by Gasteiger charge is 2.13. The highest BCUT2D eigenvalue weighted by Crippen LogP contribution is 2.21. The largest absolute Gasteiger partial charge is 0.322 e. The Morgan fingerprint density at radius 2 is 1.95 bits per heavy atom. The summed E-state index contributed by atoms with van der Waals surface area (Å²) in [5.74, 6) is -2.27. The van der Waals surface area contributed by atoms with Crippen molar-refractivity contribution >= 4 is 11.6 Å². The van der Waals surface area contributed by atoms with Gasteiger partial charge in [0.2, 0.25) is 0 Å². The number of H-pyrrole nitrogens is 1. The summed E-state index contributed by atoms with van der Waals surface area (Å²) in [6, 6.07) is 11.6. The molecule has 0 saturated carbocycles. The Bertz CT molecular complexity index is 816. The quantitative estimate of drug-likeness (QED) is 0.776. The lowest BCUT2D eigenvalue weighted by Gasteiger charge is -2.07. The standard InChI is InChI=1S/C16H11F2N3O/c17-11-4-5-13(14(18)9-11)16(22)20-12-3-1-2-10(8-12)15-6-7-19-21-15/h1-9H,(H,19,21)(H,20,22). The third kappa shape index (κ3) is 2.85. The van der Waals surface area contributed by atoms with E-state index >= 15 is 0 Å². The second-order valence-electron chi connectivity index (χ2n) is 4.63. The zero-order valence-corrected chi connectivity index (χ0v) is 11.3. The molecule has 0 unspecified atom stereocenters. The van der Waals surface area contributed by atoms with Crippen molar-refractivity contribution < 1.29 is 13.6 Å². The number of aromatic nitrogens is 2. The zero-order valence-electron chi connectivity index (χ0n) is 11.3. The van der Waals surface area contributed by atoms with Gasteiger partial charge in [-0.2, -0.15) is 5.10 Å². The number of amides is 1. The number of hydrogen-bond acceptors (Lipinski definition) is 2. The first-order chi connectivity index (χ1) is 10.6. The van der Waals surface area contributed by atoms with E-state index in [0.717, 1.165) is 23.4 Å². The molecule has 22 heavy (non-hydrogen) atoms. The summed E-state index contributed by atoms with van der Waals surface area (Å²) in [5.41, 5.74) is 1.91. The molecule has 0 radical (unpaired) electrons. The van der Waals surface area contributed by atoms with Gasteiger partial charge in [0.1, 0.15) is 11.6 Å². The number of carbonyl (C=O) groups is 1. The van der Waals surface area contributed by atoms with Crippen LogP contribution < -0.4 is 5.32 Å². The minimum atomic E-state index is -0.901. The topological polar surface area (TPSA) is 57.8 Å². The van der Waals surface area contributed by atoms with Crippen LogP contribution in [0.4, 0.5) is 14.5 Å². The molecule has 3 aromatic rings. The summed E-state index contributed by atoms with van der Waals surface area (Å²) in [6.07, 6.45) is 1.62. The van der Waals surface area contributed by atoms with Gasteiger partial charge in [-0.3, -0.25) is 9.89 Å². The van der Waals surface area contributed by atoms with Crippen LogP contribution in [0.25, 0.3) is 11.3 Å². The second kappa shape index (κ2) is 5.77. The Morgan fingerprint density at radius 3 is 2.68 bits per heavy atom. The Morgan fingerprint density at radius 1 is 1.09 bits per heavy atom. The van der Waals surface area contributed by atoms with Gasteiger partial charge in [-0.25, -0.2) is 8.78 Å². The number of benzene rings is 2. The fourth-order valence-electron chi connectivity index (χ4n) is 2.05. The maximum absolute atomic E-state index is 13.6. The Balaban J connectivity index is 1.84. The lowest BCUT2D eigenvalue weighted by atomic mass is 10.1. The van der Waals surface area contributed by atoms with Gasteiger partial charge in [0, 0.05) is 23.5 Å². The van der Waals surface area contributed by atoms with Crippen LogP contribution in [0.1, 0.15) is 10.4 Å². The fraction of sp³-hybridized carbons (Fsp3) is 0. The number of hydrogen-bond donors (Lipinski definition) is 2. The van der Waals surface area contributed by atoms with Crippen molar-refractivity contribution in [2.24, 2.45) is 0 Å². The van der Waals surface area contributed by atoms with Crippen molar-refractivity contribution in [3.8, 4) is 11.3 Å². The van der Waals surface area contributed by atoms with Crippen molar-refractivity contribution in [1.82, 2.24) is 10.2 Å². The van der Waals surface area contributed by atoms with E-state index in [1.165, 1.54) is 0 Å². The molecule has 0 bridgehead atoms. The van der Waals surface area contributed by atoms with Gasteiger partial charge in [0.15, 0.2) is 0 Å². The number of aromatic amines is 1. The molecule has 0 spiro atoms. The van der Waals surface area contributed by atoms with Gasteiger partial charge in [-0.05, 0) is 30.3 Å². The molecular weight excluding hydrogens is 288 g/mol. The molecule has 0 atom stereocenters. The second-order valence-corrected chi connectivity index (χ2v) is 4.63. The van der Waals surface area contributed by atoms with E-state index in [1.54, 1.807) is 30.5 Å². The summed E-state index contributed by atoms with van der Waals surface area (Å²) in [4.78, 5) is 12.1. The molecule has 0 saturated heterocycles. The van der Waals surface area contributed by atoms with Gasteiger partial charge in [-0.1, -0.05) is 12.1 Å². The first-order valence-corrected chi connectivity index (χ1v) is 6.50. The molecule has 0 aliphatic carbocycles. The third-order valence-electron chi connectivity index (χ3n) is 3.11.